The summed E-state index contributed by atoms with van der Waals surface area (Å²) in [5, 5.41) is 2.92. The number of ether oxygens (including phenoxy) is 1. The maximum absolute atomic E-state index is 12.3. The quantitative estimate of drug-likeness (QED) is 0.827. The van der Waals surface area contributed by atoms with Gasteiger partial charge in [-0.2, -0.15) is 0 Å². The van der Waals surface area contributed by atoms with Crippen molar-refractivity contribution in [2.24, 2.45) is 0 Å². The van der Waals surface area contributed by atoms with Crippen molar-refractivity contribution in [1.82, 2.24) is 0 Å². The smallest absolute Gasteiger partial charge is 0.255 e. The van der Waals surface area contributed by atoms with Gasteiger partial charge in [-0.25, -0.2) is 0 Å². The molecule has 0 aliphatic rings. The van der Waals surface area contributed by atoms with Crippen LogP contribution in [0.1, 0.15) is 49.0 Å². The molecule has 0 saturated heterocycles. The monoisotopic (exact) mass is 297 g/mol. The van der Waals surface area contributed by atoms with E-state index in [1.165, 1.54) is 5.56 Å². The first-order valence-corrected chi connectivity index (χ1v) is 7.78. The number of benzene rings is 2. The Morgan fingerprint density at radius 3 is 2.50 bits per heavy atom. The fraction of sp³-hybridized carbons (Fsp3) is 0.316. The second-order valence-electron chi connectivity index (χ2n) is 5.35. The molecule has 2 rings (SSSR count). The van der Waals surface area contributed by atoms with Crippen LogP contribution in [0.4, 0.5) is 5.69 Å². The molecule has 0 heterocycles. The fourth-order valence-corrected chi connectivity index (χ4v) is 2.23. The predicted molar refractivity (Wildman–Crippen MR) is 90.7 cm³/mol. The first-order chi connectivity index (χ1) is 10.6. The van der Waals surface area contributed by atoms with E-state index in [1.807, 2.05) is 31.2 Å². The standard InChI is InChI=1S/C19H23NO2/c1-4-14(3)15-9-11-17(12-10-15)20-19(21)16-7-6-8-18(13-16)22-5-2/h6-14H,4-5H2,1-3H3,(H,20,21)/t14-/m0/s1. The molecule has 0 aromatic heterocycles. The van der Waals surface area contributed by atoms with Gasteiger partial charge < -0.3 is 10.1 Å². The highest BCUT2D eigenvalue weighted by atomic mass is 16.5. The molecule has 1 N–H and O–H groups in total. The number of amides is 1. The molecule has 3 nitrogen and oxygen atoms in total. The van der Waals surface area contributed by atoms with Crippen molar-refractivity contribution in [3.63, 3.8) is 0 Å². The summed E-state index contributed by atoms with van der Waals surface area (Å²) in [7, 11) is 0. The van der Waals surface area contributed by atoms with E-state index in [4.69, 9.17) is 4.74 Å². The molecule has 0 aliphatic heterocycles. The van der Waals surface area contributed by atoms with Crippen molar-refractivity contribution >= 4 is 11.6 Å². The number of hydrogen-bond acceptors (Lipinski definition) is 2. The van der Waals surface area contributed by atoms with Gasteiger partial charge in [0.1, 0.15) is 5.75 Å². The van der Waals surface area contributed by atoms with E-state index in [2.05, 4.69) is 31.3 Å². The van der Waals surface area contributed by atoms with E-state index in [9.17, 15) is 4.79 Å². The normalized spacial score (nSPS) is 11.8. The summed E-state index contributed by atoms with van der Waals surface area (Å²) in [6, 6.07) is 15.3. The topological polar surface area (TPSA) is 38.3 Å². The van der Waals surface area contributed by atoms with Gasteiger partial charge in [0, 0.05) is 11.3 Å². The number of carbonyl (C=O) groups excluding carboxylic acids is 1. The van der Waals surface area contributed by atoms with Gasteiger partial charge in [0.05, 0.1) is 6.61 Å². The Morgan fingerprint density at radius 2 is 1.86 bits per heavy atom. The van der Waals surface area contributed by atoms with Gasteiger partial charge >= 0.3 is 0 Å². The van der Waals surface area contributed by atoms with Gasteiger partial charge in [-0.05, 0) is 55.2 Å². The lowest BCUT2D eigenvalue weighted by molar-refractivity contribution is 0.102. The summed E-state index contributed by atoms with van der Waals surface area (Å²) in [5.74, 6) is 1.12. The maximum Gasteiger partial charge on any atom is 0.255 e. The summed E-state index contributed by atoms with van der Waals surface area (Å²) in [6.07, 6.45) is 1.11. The summed E-state index contributed by atoms with van der Waals surface area (Å²) < 4.78 is 5.42. The van der Waals surface area contributed by atoms with Crippen LogP contribution in [0.2, 0.25) is 0 Å². The van der Waals surface area contributed by atoms with Gasteiger partial charge in [-0.1, -0.05) is 32.0 Å². The Morgan fingerprint density at radius 1 is 1.14 bits per heavy atom. The Balaban J connectivity index is 2.06. The summed E-state index contributed by atoms with van der Waals surface area (Å²) in [6.45, 7) is 6.88. The number of nitrogens with one attached hydrogen (secondary N) is 1. The number of hydrogen-bond donors (Lipinski definition) is 1. The highest BCUT2D eigenvalue weighted by Gasteiger charge is 2.08. The molecule has 0 spiro atoms. The molecule has 3 heteroatoms. The van der Waals surface area contributed by atoms with E-state index in [1.54, 1.807) is 12.1 Å². The van der Waals surface area contributed by atoms with Crippen LogP contribution in [-0.2, 0) is 0 Å². The molecule has 0 bridgehead atoms. The second kappa shape index (κ2) is 7.64. The van der Waals surface area contributed by atoms with E-state index in [0.717, 1.165) is 12.1 Å². The average molecular weight is 297 g/mol. The molecule has 0 aliphatic carbocycles. The molecule has 1 amide bonds. The minimum atomic E-state index is -0.127. The molecule has 116 valence electrons. The molecular weight excluding hydrogens is 274 g/mol. The van der Waals surface area contributed by atoms with Crippen LogP contribution in [0, 0.1) is 0 Å². The predicted octanol–water partition coefficient (Wildman–Crippen LogP) is 4.85. The first-order valence-electron chi connectivity index (χ1n) is 7.78. The van der Waals surface area contributed by atoms with Crippen LogP contribution in [0.3, 0.4) is 0 Å². The third-order valence-corrected chi connectivity index (χ3v) is 3.76. The largest absolute Gasteiger partial charge is 0.494 e. The number of anilines is 1. The summed E-state index contributed by atoms with van der Waals surface area (Å²) in [4.78, 5) is 12.3. The Hall–Kier alpha value is -2.29. The van der Waals surface area contributed by atoms with Gasteiger partial charge in [0.15, 0.2) is 0 Å². The molecule has 0 saturated carbocycles. The van der Waals surface area contributed by atoms with E-state index in [0.29, 0.717) is 23.8 Å². The molecule has 0 radical (unpaired) electrons. The summed E-state index contributed by atoms with van der Waals surface area (Å²) >= 11 is 0. The zero-order valence-corrected chi connectivity index (χ0v) is 13.4. The van der Waals surface area contributed by atoms with Crippen LogP contribution in [0.15, 0.2) is 48.5 Å². The number of rotatable bonds is 6. The molecule has 0 fully saturated rings. The lowest BCUT2D eigenvalue weighted by Gasteiger charge is -2.11. The minimum absolute atomic E-state index is 0.127. The molecule has 2 aromatic carbocycles. The highest BCUT2D eigenvalue weighted by Crippen LogP contribution is 2.21. The van der Waals surface area contributed by atoms with Gasteiger partial charge in [-0.15, -0.1) is 0 Å². The van der Waals surface area contributed by atoms with E-state index in [-0.39, 0.29) is 5.91 Å². The van der Waals surface area contributed by atoms with Crippen LogP contribution < -0.4 is 10.1 Å². The minimum Gasteiger partial charge on any atom is -0.494 e. The lowest BCUT2D eigenvalue weighted by atomic mass is 9.98. The third-order valence-electron chi connectivity index (χ3n) is 3.76. The lowest BCUT2D eigenvalue weighted by Crippen LogP contribution is -2.12. The van der Waals surface area contributed by atoms with Crippen molar-refractivity contribution < 1.29 is 9.53 Å². The Bertz CT molecular complexity index is 620. The van der Waals surface area contributed by atoms with Crippen molar-refractivity contribution in [3.8, 4) is 5.75 Å². The van der Waals surface area contributed by atoms with Crippen molar-refractivity contribution in [1.29, 1.82) is 0 Å². The second-order valence-corrected chi connectivity index (χ2v) is 5.35. The van der Waals surface area contributed by atoms with Crippen molar-refractivity contribution in [3.05, 3.63) is 59.7 Å². The van der Waals surface area contributed by atoms with Gasteiger partial charge in [0.2, 0.25) is 0 Å². The first kappa shape index (κ1) is 16.1. The highest BCUT2D eigenvalue weighted by molar-refractivity contribution is 6.04. The Labute approximate surface area is 132 Å². The van der Waals surface area contributed by atoms with E-state index < -0.39 is 0 Å². The summed E-state index contributed by atoms with van der Waals surface area (Å²) in [5.41, 5.74) is 2.69. The number of carbonyl (C=O) groups is 1. The van der Waals surface area contributed by atoms with Gasteiger partial charge in [-0.3, -0.25) is 4.79 Å². The van der Waals surface area contributed by atoms with Crippen LogP contribution in [0.25, 0.3) is 0 Å². The maximum atomic E-state index is 12.3. The van der Waals surface area contributed by atoms with Crippen molar-refractivity contribution in [2.45, 2.75) is 33.1 Å². The van der Waals surface area contributed by atoms with Gasteiger partial charge in [0.25, 0.3) is 5.91 Å². The molecular formula is C19H23NO2. The molecule has 2 aromatic rings. The molecule has 0 unspecified atom stereocenters. The molecule has 22 heavy (non-hydrogen) atoms. The Kier molecular flexibility index (Phi) is 5.59. The third kappa shape index (κ3) is 4.10. The van der Waals surface area contributed by atoms with Crippen LogP contribution in [-0.4, -0.2) is 12.5 Å². The zero-order chi connectivity index (χ0) is 15.9. The van der Waals surface area contributed by atoms with Crippen molar-refractivity contribution in [2.75, 3.05) is 11.9 Å². The SMILES string of the molecule is CCOc1cccc(C(=O)Nc2ccc([C@@H](C)CC)cc2)c1. The van der Waals surface area contributed by atoms with Crippen LogP contribution in [0.5, 0.6) is 5.75 Å². The fourth-order valence-electron chi connectivity index (χ4n) is 2.23. The van der Waals surface area contributed by atoms with E-state index >= 15 is 0 Å². The average Bonchev–Trinajstić information content (AvgIpc) is 2.55. The zero-order valence-electron chi connectivity index (χ0n) is 13.4. The van der Waals surface area contributed by atoms with Crippen LogP contribution >= 0.6 is 0 Å². The molecule has 1 atom stereocenters.